The summed E-state index contributed by atoms with van der Waals surface area (Å²) < 4.78 is 36.5. The molecule has 2 atom stereocenters. The summed E-state index contributed by atoms with van der Waals surface area (Å²) in [6.45, 7) is 4.22. The zero-order chi connectivity index (χ0) is 15.2. The maximum Gasteiger partial charge on any atom is 0.441 e. The molecule has 2 unspecified atom stereocenters. The van der Waals surface area contributed by atoms with Crippen LogP contribution in [0, 0.1) is 0 Å². The number of hydrogen-bond acceptors (Lipinski definition) is 3. The Balaban J connectivity index is 2.53. The van der Waals surface area contributed by atoms with Crippen molar-refractivity contribution in [2.45, 2.75) is 63.7 Å². The van der Waals surface area contributed by atoms with Gasteiger partial charge in [0, 0.05) is 12.3 Å². The van der Waals surface area contributed by atoms with E-state index in [4.69, 9.17) is 0 Å². The molecule has 118 valence electrons. The average Bonchev–Trinajstić information content (AvgIpc) is 2.64. The van der Waals surface area contributed by atoms with Gasteiger partial charge in [0.2, 0.25) is 5.91 Å². The summed E-state index contributed by atoms with van der Waals surface area (Å²) in [6, 6.07) is -0.220. The number of hydrogen-bond donors (Lipinski definition) is 1. The molecule has 1 saturated heterocycles. The first-order chi connectivity index (χ1) is 9.39. The van der Waals surface area contributed by atoms with Gasteiger partial charge in [-0.3, -0.25) is 10.1 Å². The topological polar surface area (TPSA) is 32.3 Å². The molecule has 1 amide bonds. The van der Waals surface area contributed by atoms with Crippen molar-refractivity contribution in [3.05, 3.63) is 0 Å². The van der Waals surface area contributed by atoms with Gasteiger partial charge in [0.05, 0.1) is 12.2 Å². The zero-order valence-electron chi connectivity index (χ0n) is 12.0. The van der Waals surface area contributed by atoms with Crippen LogP contribution in [-0.4, -0.2) is 40.8 Å². The number of nitrogens with zero attached hydrogens (tertiary/aromatic N) is 1. The summed E-state index contributed by atoms with van der Waals surface area (Å²) in [7, 11) is 0. The van der Waals surface area contributed by atoms with Gasteiger partial charge >= 0.3 is 5.51 Å². The average molecular weight is 312 g/mol. The second-order valence-corrected chi connectivity index (χ2v) is 6.15. The van der Waals surface area contributed by atoms with Crippen molar-refractivity contribution in [2.24, 2.45) is 0 Å². The Morgan fingerprint density at radius 1 is 1.25 bits per heavy atom. The smallest absolute Gasteiger partial charge is 0.325 e. The molecule has 0 radical (unpaired) electrons. The van der Waals surface area contributed by atoms with Gasteiger partial charge < -0.3 is 4.90 Å². The number of halogens is 3. The molecule has 0 aliphatic carbocycles. The maximum atomic E-state index is 12.2. The molecule has 1 aliphatic heterocycles. The molecule has 1 N–H and O–H groups in total. The van der Waals surface area contributed by atoms with E-state index in [1.165, 1.54) is 0 Å². The van der Waals surface area contributed by atoms with Crippen LogP contribution in [0.5, 0.6) is 0 Å². The molecule has 0 aromatic rings. The van der Waals surface area contributed by atoms with Gasteiger partial charge in [-0.1, -0.05) is 33.1 Å². The van der Waals surface area contributed by atoms with E-state index in [1.54, 1.807) is 4.90 Å². The molecule has 0 bridgehead atoms. The van der Waals surface area contributed by atoms with Gasteiger partial charge in [-0.15, -0.1) is 0 Å². The highest BCUT2D eigenvalue weighted by atomic mass is 32.2. The number of alkyl halides is 3. The second-order valence-electron chi connectivity index (χ2n) is 4.99. The van der Waals surface area contributed by atoms with Crippen molar-refractivity contribution in [1.29, 1.82) is 0 Å². The lowest BCUT2D eigenvalue weighted by Gasteiger charge is -2.23. The van der Waals surface area contributed by atoms with Crippen LogP contribution in [0.15, 0.2) is 0 Å². The van der Waals surface area contributed by atoms with E-state index >= 15 is 0 Å². The predicted molar refractivity (Wildman–Crippen MR) is 75.4 cm³/mol. The Morgan fingerprint density at radius 3 is 2.50 bits per heavy atom. The normalized spacial score (nSPS) is 23.6. The van der Waals surface area contributed by atoms with E-state index in [0.717, 1.165) is 32.1 Å². The van der Waals surface area contributed by atoms with E-state index in [2.05, 4.69) is 12.2 Å². The minimum atomic E-state index is -4.22. The van der Waals surface area contributed by atoms with Gasteiger partial charge in [-0.05, 0) is 24.6 Å². The van der Waals surface area contributed by atoms with Crippen molar-refractivity contribution in [3.8, 4) is 0 Å². The van der Waals surface area contributed by atoms with Crippen molar-refractivity contribution in [3.63, 3.8) is 0 Å². The van der Waals surface area contributed by atoms with E-state index in [9.17, 15) is 18.0 Å². The van der Waals surface area contributed by atoms with Gasteiger partial charge in [0.25, 0.3) is 0 Å². The largest absolute Gasteiger partial charge is 0.441 e. The van der Waals surface area contributed by atoms with Crippen molar-refractivity contribution < 1.29 is 18.0 Å². The third-order valence-electron chi connectivity index (χ3n) is 3.36. The number of amides is 1. The van der Waals surface area contributed by atoms with Gasteiger partial charge in [0.1, 0.15) is 0 Å². The molecule has 20 heavy (non-hydrogen) atoms. The molecule has 3 nitrogen and oxygen atoms in total. The van der Waals surface area contributed by atoms with Crippen molar-refractivity contribution in [2.75, 3.05) is 12.3 Å². The van der Waals surface area contributed by atoms with Crippen LogP contribution >= 0.6 is 11.8 Å². The molecular formula is C13H23F3N2OS. The molecule has 0 spiro atoms. The molecule has 1 heterocycles. The number of rotatable bonds is 8. The van der Waals surface area contributed by atoms with Gasteiger partial charge in [-0.25, -0.2) is 0 Å². The quantitative estimate of drug-likeness (QED) is 0.746. The molecule has 0 aromatic heterocycles. The summed E-state index contributed by atoms with van der Waals surface area (Å²) in [6.07, 6.45) is 4.29. The summed E-state index contributed by atoms with van der Waals surface area (Å²) in [5, 5.41) is 3.26. The lowest BCUT2D eigenvalue weighted by molar-refractivity contribution is -0.130. The third-order valence-corrected chi connectivity index (χ3v) is 4.07. The fourth-order valence-electron chi connectivity index (χ4n) is 2.40. The zero-order valence-corrected chi connectivity index (χ0v) is 12.8. The van der Waals surface area contributed by atoms with Crippen LogP contribution in [0.4, 0.5) is 13.2 Å². The molecule has 1 aliphatic rings. The van der Waals surface area contributed by atoms with E-state index < -0.39 is 5.51 Å². The number of nitrogens with one attached hydrogen (secondary N) is 1. The van der Waals surface area contributed by atoms with Crippen molar-refractivity contribution >= 4 is 17.7 Å². The Morgan fingerprint density at radius 2 is 1.95 bits per heavy atom. The minimum Gasteiger partial charge on any atom is -0.325 e. The highest BCUT2D eigenvalue weighted by Crippen LogP contribution is 2.30. The summed E-state index contributed by atoms with van der Waals surface area (Å²) >= 11 is -0.0600. The highest BCUT2D eigenvalue weighted by molar-refractivity contribution is 8.00. The van der Waals surface area contributed by atoms with Gasteiger partial charge in [-0.2, -0.15) is 13.2 Å². The highest BCUT2D eigenvalue weighted by Gasteiger charge is 2.38. The van der Waals surface area contributed by atoms with Crippen LogP contribution in [-0.2, 0) is 4.79 Å². The van der Waals surface area contributed by atoms with Crippen LogP contribution in [0.3, 0.4) is 0 Å². The summed E-state index contributed by atoms with van der Waals surface area (Å²) in [5.41, 5.74) is -4.22. The van der Waals surface area contributed by atoms with Crippen LogP contribution < -0.4 is 5.32 Å². The lowest BCUT2D eigenvalue weighted by Crippen LogP contribution is -2.38. The Labute approximate surface area is 122 Å². The first-order valence-electron chi connectivity index (χ1n) is 7.16. The van der Waals surface area contributed by atoms with E-state index in [0.29, 0.717) is 0 Å². The molecular weight excluding hydrogens is 289 g/mol. The molecule has 7 heteroatoms. The first-order valence-corrected chi connectivity index (χ1v) is 8.14. The van der Waals surface area contributed by atoms with Crippen molar-refractivity contribution in [1.82, 2.24) is 10.2 Å². The number of thioether (sulfide) groups is 1. The van der Waals surface area contributed by atoms with Crippen LogP contribution in [0.1, 0.15) is 46.0 Å². The maximum absolute atomic E-state index is 12.2. The first kappa shape index (κ1) is 17.6. The fourth-order valence-corrected chi connectivity index (χ4v) is 2.92. The van der Waals surface area contributed by atoms with Crippen LogP contribution in [0.2, 0.25) is 0 Å². The fraction of sp³-hybridized carbons (Fsp3) is 0.923. The molecule has 1 rings (SSSR count). The third kappa shape index (κ3) is 5.52. The summed E-state index contributed by atoms with van der Waals surface area (Å²) in [5.74, 6) is -0.142. The Hall–Kier alpha value is -0.430. The Kier molecular flexibility index (Phi) is 7.15. The Bertz CT molecular complexity index is 312. The monoisotopic (exact) mass is 312 g/mol. The van der Waals surface area contributed by atoms with E-state index in [-0.39, 0.29) is 42.2 Å². The standard InChI is InChI=1S/C13H23F3N2OS/c1-3-5-7-10-12(19)18(11(17-10)6-4-2)8-9-20-13(14,15)16/h10-11,17H,3-9H2,1-2H3. The molecule has 0 saturated carbocycles. The molecule has 1 fully saturated rings. The number of unbranched alkanes of at least 4 members (excludes halogenated alkanes) is 1. The number of carbonyl (C=O) groups is 1. The van der Waals surface area contributed by atoms with Gasteiger partial charge in [0.15, 0.2) is 0 Å². The minimum absolute atomic E-state index is 0.0420. The second kappa shape index (κ2) is 8.12. The lowest BCUT2D eigenvalue weighted by atomic mass is 10.1. The summed E-state index contributed by atoms with van der Waals surface area (Å²) in [4.78, 5) is 13.8. The van der Waals surface area contributed by atoms with Crippen LogP contribution in [0.25, 0.3) is 0 Å². The predicted octanol–water partition coefficient (Wildman–Crippen LogP) is 3.36. The van der Waals surface area contributed by atoms with E-state index in [1.807, 2.05) is 6.92 Å². The SMILES string of the molecule is CCCCC1NC(CCC)N(CCSC(F)(F)F)C1=O. The molecule has 0 aromatic carbocycles. The number of carbonyl (C=O) groups excluding carboxylic acids is 1.